The number of rotatable bonds is 15. The van der Waals surface area contributed by atoms with Crippen LogP contribution in [0, 0.1) is 6.92 Å². The molecular formula is C32H41N3O4S. The predicted octanol–water partition coefficient (Wildman–Crippen LogP) is 4.95. The number of amides is 2. The van der Waals surface area contributed by atoms with Gasteiger partial charge in [-0.1, -0.05) is 91.7 Å². The summed E-state index contributed by atoms with van der Waals surface area (Å²) in [5.74, 6) is -0.362. The molecule has 1 atom stereocenters. The van der Waals surface area contributed by atoms with Crippen LogP contribution in [0.1, 0.15) is 49.3 Å². The molecule has 1 N–H and O–H groups in total. The highest BCUT2D eigenvalue weighted by Gasteiger charge is 2.30. The van der Waals surface area contributed by atoms with Crippen molar-refractivity contribution in [2.75, 3.05) is 20.1 Å². The van der Waals surface area contributed by atoms with Crippen molar-refractivity contribution in [3.63, 3.8) is 0 Å². The van der Waals surface area contributed by atoms with E-state index >= 15 is 0 Å². The fourth-order valence-electron chi connectivity index (χ4n) is 4.44. The maximum absolute atomic E-state index is 13.8. The third kappa shape index (κ3) is 9.03. The maximum Gasteiger partial charge on any atom is 0.243 e. The number of carbonyl (C=O) groups excluding carboxylic acids is 2. The van der Waals surface area contributed by atoms with E-state index in [1.54, 1.807) is 35.2 Å². The van der Waals surface area contributed by atoms with Gasteiger partial charge in [-0.3, -0.25) is 9.59 Å². The van der Waals surface area contributed by atoms with Crippen LogP contribution in [0.5, 0.6) is 0 Å². The van der Waals surface area contributed by atoms with Crippen molar-refractivity contribution in [3.05, 3.63) is 102 Å². The van der Waals surface area contributed by atoms with Crippen LogP contribution < -0.4 is 5.32 Å². The molecule has 3 rings (SSSR count). The van der Waals surface area contributed by atoms with Crippen molar-refractivity contribution in [2.24, 2.45) is 0 Å². The largest absolute Gasteiger partial charge is 0.354 e. The lowest BCUT2D eigenvalue weighted by Gasteiger charge is -2.32. The Morgan fingerprint density at radius 2 is 1.48 bits per heavy atom. The van der Waals surface area contributed by atoms with Crippen LogP contribution in [0.15, 0.2) is 89.8 Å². The van der Waals surface area contributed by atoms with Crippen molar-refractivity contribution in [1.82, 2.24) is 14.5 Å². The van der Waals surface area contributed by atoms with E-state index in [9.17, 15) is 18.0 Å². The first kappa shape index (κ1) is 31.0. The van der Waals surface area contributed by atoms with E-state index in [1.165, 1.54) is 11.4 Å². The molecule has 214 valence electrons. The Kier molecular flexibility index (Phi) is 11.9. The number of nitrogens with one attached hydrogen (secondary N) is 1. The highest BCUT2D eigenvalue weighted by Crippen LogP contribution is 2.18. The molecule has 0 aliphatic carbocycles. The van der Waals surface area contributed by atoms with Crippen LogP contribution in [0.2, 0.25) is 0 Å². The first-order valence-electron chi connectivity index (χ1n) is 13.9. The van der Waals surface area contributed by atoms with Gasteiger partial charge >= 0.3 is 0 Å². The maximum atomic E-state index is 13.8. The van der Waals surface area contributed by atoms with Crippen LogP contribution in [0.4, 0.5) is 0 Å². The van der Waals surface area contributed by atoms with Gasteiger partial charge in [0.15, 0.2) is 0 Å². The highest BCUT2D eigenvalue weighted by atomic mass is 32.2. The van der Waals surface area contributed by atoms with Gasteiger partial charge in [-0.15, -0.1) is 0 Å². The Morgan fingerprint density at radius 1 is 0.850 bits per heavy atom. The van der Waals surface area contributed by atoms with Gasteiger partial charge < -0.3 is 10.2 Å². The second-order valence-corrected chi connectivity index (χ2v) is 12.1. The number of hydrogen-bond acceptors (Lipinski definition) is 4. The second kappa shape index (κ2) is 15.3. The van der Waals surface area contributed by atoms with Crippen molar-refractivity contribution < 1.29 is 18.0 Å². The number of nitrogens with zero attached hydrogens (tertiary/aromatic N) is 2. The summed E-state index contributed by atoms with van der Waals surface area (Å²) in [6.45, 7) is 5.10. The lowest BCUT2D eigenvalue weighted by molar-refractivity contribution is -0.141. The quantitative estimate of drug-likeness (QED) is 0.265. The molecule has 7 nitrogen and oxygen atoms in total. The zero-order chi connectivity index (χ0) is 29.0. The summed E-state index contributed by atoms with van der Waals surface area (Å²) in [7, 11) is -2.12. The lowest BCUT2D eigenvalue weighted by Crippen LogP contribution is -2.50. The minimum atomic E-state index is -3.65. The molecule has 0 aliphatic heterocycles. The van der Waals surface area contributed by atoms with Crippen molar-refractivity contribution in [1.29, 1.82) is 0 Å². The first-order valence-corrected chi connectivity index (χ1v) is 15.3. The van der Waals surface area contributed by atoms with Crippen LogP contribution in [-0.4, -0.2) is 55.6 Å². The molecule has 0 spiro atoms. The summed E-state index contributed by atoms with van der Waals surface area (Å²) in [4.78, 5) is 29.1. The van der Waals surface area contributed by atoms with Gasteiger partial charge in [0.1, 0.15) is 6.04 Å². The molecule has 2 amide bonds. The van der Waals surface area contributed by atoms with Gasteiger partial charge in [-0.2, -0.15) is 0 Å². The van der Waals surface area contributed by atoms with Gasteiger partial charge in [0.25, 0.3) is 0 Å². The van der Waals surface area contributed by atoms with E-state index in [2.05, 4.69) is 12.2 Å². The summed E-state index contributed by atoms with van der Waals surface area (Å²) < 4.78 is 27.1. The van der Waals surface area contributed by atoms with E-state index in [4.69, 9.17) is 0 Å². The predicted molar refractivity (Wildman–Crippen MR) is 159 cm³/mol. The monoisotopic (exact) mass is 563 g/mol. The fraction of sp³-hybridized carbons (Fsp3) is 0.375. The highest BCUT2D eigenvalue weighted by molar-refractivity contribution is 7.89. The summed E-state index contributed by atoms with van der Waals surface area (Å²) >= 11 is 0. The Hall–Kier alpha value is -3.49. The molecule has 0 saturated heterocycles. The van der Waals surface area contributed by atoms with Gasteiger partial charge in [0.2, 0.25) is 21.8 Å². The fourth-order valence-corrected chi connectivity index (χ4v) is 5.67. The molecule has 0 aliphatic rings. The average Bonchev–Trinajstić information content (AvgIpc) is 2.96. The van der Waals surface area contributed by atoms with Crippen LogP contribution in [0.25, 0.3) is 0 Å². The lowest BCUT2D eigenvalue weighted by atomic mass is 10.0. The van der Waals surface area contributed by atoms with Crippen molar-refractivity contribution >= 4 is 21.8 Å². The van der Waals surface area contributed by atoms with Gasteiger partial charge in [-0.25, -0.2) is 12.7 Å². The molecule has 0 aromatic heterocycles. The average molecular weight is 564 g/mol. The molecule has 0 saturated carbocycles. The van der Waals surface area contributed by atoms with Crippen molar-refractivity contribution in [2.45, 2.75) is 63.4 Å². The first-order chi connectivity index (χ1) is 19.2. The standard InChI is InChI=1S/C32H41N3O4S/c1-4-5-22-33-32(37)30(24-27-13-8-6-9-14-27)35(25-28-20-18-26(2)19-21-28)31(36)17-12-23-34(3)40(38,39)29-15-10-7-11-16-29/h6-11,13-16,18-21,30H,4-5,12,17,22-25H2,1-3H3,(H,33,37). The number of unbranched alkanes of at least 4 members (excludes halogenated alkanes) is 1. The SMILES string of the molecule is CCCCNC(=O)C(Cc1ccccc1)N(Cc1ccc(C)cc1)C(=O)CCCN(C)S(=O)(=O)c1ccccc1. The van der Waals surface area contributed by atoms with Crippen LogP contribution in [-0.2, 0) is 32.6 Å². The third-order valence-electron chi connectivity index (χ3n) is 6.89. The van der Waals surface area contributed by atoms with E-state index in [-0.39, 0.29) is 36.2 Å². The molecule has 1 unspecified atom stereocenters. The van der Waals surface area contributed by atoms with Crippen molar-refractivity contribution in [3.8, 4) is 0 Å². The zero-order valence-electron chi connectivity index (χ0n) is 23.8. The summed E-state index contributed by atoms with van der Waals surface area (Å²) in [5.41, 5.74) is 3.01. The normalized spacial score (nSPS) is 12.2. The molecule has 40 heavy (non-hydrogen) atoms. The zero-order valence-corrected chi connectivity index (χ0v) is 24.6. The van der Waals surface area contributed by atoms with E-state index in [0.29, 0.717) is 19.4 Å². The van der Waals surface area contributed by atoms with Gasteiger partial charge in [-0.05, 0) is 43.0 Å². The number of sulfonamides is 1. The Balaban J connectivity index is 1.80. The smallest absolute Gasteiger partial charge is 0.243 e. The minimum absolute atomic E-state index is 0.119. The summed E-state index contributed by atoms with van der Waals surface area (Å²) in [6, 6.07) is 25.2. The molecule has 0 heterocycles. The Morgan fingerprint density at radius 3 is 2.10 bits per heavy atom. The molecule has 0 bridgehead atoms. The number of hydrogen-bond donors (Lipinski definition) is 1. The summed E-state index contributed by atoms with van der Waals surface area (Å²) in [6.07, 6.45) is 2.65. The molecule has 3 aromatic rings. The topological polar surface area (TPSA) is 86.8 Å². The molecule has 8 heteroatoms. The van der Waals surface area contributed by atoms with E-state index < -0.39 is 16.1 Å². The molecule has 3 aromatic carbocycles. The van der Waals surface area contributed by atoms with Gasteiger partial charge in [0.05, 0.1) is 4.90 Å². The van der Waals surface area contributed by atoms with Crippen LogP contribution in [0.3, 0.4) is 0 Å². The van der Waals surface area contributed by atoms with Gasteiger partial charge in [0, 0.05) is 39.5 Å². The Labute approximate surface area is 239 Å². The minimum Gasteiger partial charge on any atom is -0.354 e. The van der Waals surface area contributed by atoms with E-state index in [1.807, 2.05) is 61.5 Å². The van der Waals surface area contributed by atoms with Crippen LogP contribution >= 0.6 is 0 Å². The third-order valence-corrected chi connectivity index (χ3v) is 8.76. The number of carbonyl (C=O) groups is 2. The molecular weight excluding hydrogens is 522 g/mol. The molecule has 0 fully saturated rings. The summed E-state index contributed by atoms with van der Waals surface area (Å²) in [5, 5.41) is 3.03. The molecule has 0 radical (unpaired) electrons. The second-order valence-electron chi connectivity index (χ2n) is 10.1. The van der Waals surface area contributed by atoms with E-state index in [0.717, 1.165) is 29.5 Å². The Bertz CT molecular complexity index is 1310. The number of aryl methyl sites for hydroxylation is 1. The number of benzene rings is 3.